The van der Waals surface area contributed by atoms with Crippen LogP contribution in [0.2, 0.25) is 0 Å². The number of hydrogen-bond donors (Lipinski definition) is 1. The quantitative estimate of drug-likeness (QED) is 0.872. The minimum absolute atomic E-state index is 0.0855. The van der Waals surface area contributed by atoms with Crippen LogP contribution < -0.4 is 4.74 Å². The van der Waals surface area contributed by atoms with Crippen LogP contribution in [0.5, 0.6) is 5.75 Å². The van der Waals surface area contributed by atoms with E-state index in [1.54, 1.807) is 7.11 Å². The molecule has 144 valence electrons. The second-order valence-electron chi connectivity index (χ2n) is 9.66. The van der Waals surface area contributed by atoms with Crippen LogP contribution in [0.4, 0.5) is 0 Å². The van der Waals surface area contributed by atoms with E-state index < -0.39 is 0 Å². The van der Waals surface area contributed by atoms with Gasteiger partial charge in [0.05, 0.1) is 13.2 Å². The third kappa shape index (κ3) is 2.97. The largest absolute Gasteiger partial charge is 0.496 e. The molecule has 1 saturated heterocycles. The molecule has 1 N–H and O–H groups in total. The average molecular weight is 358 g/mol. The summed E-state index contributed by atoms with van der Waals surface area (Å²) in [5.41, 5.74) is 1.48. The molecule has 3 aliphatic rings. The molecule has 1 heterocycles. The van der Waals surface area contributed by atoms with E-state index in [1.807, 2.05) is 0 Å². The van der Waals surface area contributed by atoms with Crippen LogP contribution in [-0.4, -0.2) is 41.8 Å². The van der Waals surface area contributed by atoms with Crippen molar-refractivity contribution < 1.29 is 9.84 Å². The fraction of sp³-hybridized carbons (Fsp3) is 0.739. The van der Waals surface area contributed by atoms with Crippen LogP contribution in [0.15, 0.2) is 24.3 Å². The first kappa shape index (κ1) is 18.3. The standard InChI is InChI=1S/C23H35NO2/c1-15-9-10-20(21(25)11-15)23(2,3)24-13-16-12-18(19(16)14-24)17-7-5-6-8-22(17)26-4/h5-8,15-16,18-21,25H,9-14H2,1-4H3/t15-,16+,18+,19-,20-,21-/m1/s1. The van der Waals surface area contributed by atoms with E-state index in [0.29, 0.717) is 17.8 Å². The van der Waals surface area contributed by atoms with Gasteiger partial charge in [0.15, 0.2) is 0 Å². The second-order valence-corrected chi connectivity index (χ2v) is 9.66. The van der Waals surface area contributed by atoms with Gasteiger partial charge in [-0.2, -0.15) is 0 Å². The fourth-order valence-corrected chi connectivity index (χ4v) is 6.12. The van der Waals surface area contributed by atoms with Crippen molar-refractivity contribution in [1.29, 1.82) is 0 Å². The zero-order valence-corrected chi connectivity index (χ0v) is 16.8. The molecule has 0 amide bonds. The Bertz CT molecular complexity index is 643. The molecule has 3 fully saturated rings. The van der Waals surface area contributed by atoms with E-state index in [-0.39, 0.29) is 11.6 Å². The molecule has 3 nitrogen and oxygen atoms in total. The molecule has 3 heteroatoms. The van der Waals surface area contributed by atoms with Crippen molar-refractivity contribution in [2.24, 2.45) is 23.7 Å². The summed E-state index contributed by atoms with van der Waals surface area (Å²) >= 11 is 0. The summed E-state index contributed by atoms with van der Waals surface area (Å²) in [5.74, 6) is 4.30. The van der Waals surface area contributed by atoms with Crippen LogP contribution in [0, 0.1) is 23.7 Å². The Balaban J connectivity index is 1.47. The molecule has 4 rings (SSSR count). The van der Waals surface area contributed by atoms with Crippen molar-refractivity contribution in [3.63, 3.8) is 0 Å². The van der Waals surface area contributed by atoms with Gasteiger partial charge in [-0.05, 0) is 68.4 Å². The Morgan fingerprint density at radius 2 is 1.88 bits per heavy atom. The number of fused-ring (bicyclic) bond motifs is 1. The summed E-state index contributed by atoms with van der Waals surface area (Å²) in [4.78, 5) is 2.70. The smallest absolute Gasteiger partial charge is 0.122 e. The molecule has 2 saturated carbocycles. The summed E-state index contributed by atoms with van der Waals surface area (Å²) in [6.07, 6.45) is 4.53. The second kappa shape index (κ2) is 6.83. The Morgan fingerprint density at radius 1 is 1.12 bits per heavy atom. The van der Waals surface area contributed by atoms with Crippen molar-refractivity contribution in [3.8, 4) is 5.75 Å². The first-order valence-corrected chi connectivity index (χ1v) is 10.5. The van der Waals surface area contributed by atoms with Gasteiger partial charge in [-0.25, -0.2) is 0 Å². The predicted octanol–water partition coefficient (Wildman–Crippen LogP) is 4.31. The van der Waals surface area contributed by atoms with Crippen LogP contribution in [0.3, 0.4) is 0 Å². The zero-order valence-electron chi connectivity index (χ0n) is 16.8. The van der Waals surface area contributed by atoms with Crippen LogP contribution in [0.1, 0.15) is 57.9 Å². The Kier molecular flexibility index (Phi) is 4.81. The topological polar surface area (TPSA) is 32.7 Å². The van der Waals surface area contributed by atoms with Gasteiger partial charge in [0.25, 0.3) is 0 Å². The number of rotatable bonds is 4. The molecule has 26 heavy (non-hydrogen) atoms. The third-order valence-corrected chi connectivity index (χ3v) is 7.90. The molecular weight excluding hydrogens is 322 g/mol. The number of para-hydroxylation sites is 1. The molecule has 2 aliphatic carbocycles. The van der Waals surface area contributed by atoms with E-state index in [9.17, 15) is 5.11 Å². The summed E-state index contributed by atoms with van der Waals surface area (Å²) < 4.78 is 5.62. The number of hydrogen-bond acceptors (Lipinski definition) is 3. The number of aliphatic hydroxyl groups excluding tert-OH is 1. The number of aliphatic hydroxyl groups is 1. The number of ether oxygens (including phenoxy) is 1. The molecule has 0 radical (unpaired) electrons. The lowest BCUT2D eigenvalue weighted by molar-refractivity contribution is -0.0378. The SMILES string of the molecule is COc1ccccc1[C@@H]1C[C@H]2CN(C(C)(C)[C@@H]3CC[C@@H](C)C[C@H]3O)C[C@H]21. The summed E-state index contributed by atoms with van der Waals surface area (Å²) in [5, 5.41) is 10.7. The number of methoxy groups -OCH3 is 1. The highest BCUT2D eigenvalue weighted by Crippen LogP contribution is 2.55. The highest BCUT2D eigenvalue weighted by atomic mass is 16.5. The van der Waals surface area contributed by atoms with Gasteiger partial charge < -0.3 is 9.84 Å². The van der Waals surface area contributed by atoms with Gasteiger partial charge in [-0.3, -0.25) is 4.90 Å². The van der Waals surface area contributed by atoms with Gasteiger partial charge >= 0.3 is 0 Å². The first-order chi connectivity index (χ1) is 12.4. The maximum Gasteiger partial charge on any atom is 0.122 e. The molecule has 0 spiro atoms. The van der Waals surface area contributed by atoms with Crippen molar-refractivity contribution in [1.82, 2.24) is 4.90 Å². The predicted molar refractivity (Wildman–Crippen MR) is 105 cm³/mol. The molecule has 0 aromatic heterocycles. The monoisotopic (exact) mass is 357 g/mol. The molecule has 0 unspecified atom stereocenters. The molecular formula is C23H35NO2. The van der Waals surface area contributed by atoms with Crippen molar-refractivity contribution >= 4 is 0 Å². The van der Waals surface area contributed by atoms with E-state index in [0.717, 1.165) is 30.4 Å². The van der Waals surface area contributed by atoms with Gasteiger partial charge in [0, 0.05) is 24.5 Å². The van der Waals surface area contributed by atoms with Gasteiger partial charge in [0.2, 0.25) is 0 Å². The number of benzene rings is 1. The molecule has 1 aromatic carbocycles. The van der Waals surface area contributed by atoms with E-state index in [1.165, 1.54) is 31.5 Å². The highest BCUT2D eigenvalue weighted by Gasteiger charge is 2.53. The Labute approximate surface area is 158 Å². The lowest BCUT2D eigenvalue weighted by Crippen LogP contribution is -2.53. The van der Waals surface area contributed by atoms with Crippen LogP contribution >= 0.6 is 0 Å². The Morgan fingerprint density at radius 3 is 2.62 bits per heavy atom. The molecule has 6 atom stereocenters. The first-order valence-electron chi connectivity index (χ1n) is 10.5. The lowest BCUT2D eigenvalue weighted by atomic mass is 9.64. The lowest BCUT2D eigenvalue weighted by Gasteiger charge is -2.47. The summed E-state index contributed by atoms with van der Waals surface area (Å²) in [6.45, 7) is 9.39. The minimum Gasteiger partial charge on any atom is -0.496 e. The van der Waals surface area contributed by atoms with Crippen molar-refractivity contribution in [2.75, 3.05) is 20.2 Å². The third-order valence-electron chi connectivity index (χ3n) is 7.90. The van der Waals surface area contributed by atoms with Crippen molar-refractivity contribution in [2.45, 2.75) is 64.0 Å². The zero-order chi connectivity index (χ0) is 18.5. The van der Waals surface area contributed by atoms with E-state index in [2.05, 4.69) is 49.9 Å². The van der Waals surface area contributed by atoms with Crippen LogP contribution in [0.25, 0.3) is 0 Å². The van der Waals surface area contributed by atoms with E-state index in [4.69, 9.17) is 4.74 Å². The van der Waals surface area contributed by atoms with Crippen molar-refractivity contribution in [3.05, 3.63) is 29.8 Å². The van der Waals surface area contributed by atoms with Crippen LogP contribution in [-0.2, 0) is 0 Å². The normalized spacial score (nSPS) is 37.9. The summed E-state index contributed by atoms with van der Waals surface area (Å²) in [7, 11) is 1.78. The highest BCUT2D eigenvalue weighted by molar-refractivity contribution is 5.38. The molecule has 1 aromatic rings. The number of likely N-dealkylation sites (tertiary alicyclic amines) is 1. The van der Waals surface area contributed by atoms with Gasteiger partial charge in [-0.1, -0.05) is 31.5 Å². The summed E-state index contributed by atoms with van der Waals surface area (Å²) in [6, 6.07) is 8.55. The molecule has 1 aliphatic heterocycles. The minimum atomic E-state index is -0.142. The molecule has 0 bridgehead atoms. The van der Waals surface area contributed by atoms with Gasteiger partial charge in [-0.15, -0.1) is 0 Å². The fourth-order valence-electron chi connectivity index (χ4n) is 6.12. The maximum absolute atomic E-state index is 10.7. The van der Waals surface area contributed by atoms with E-state index >= 15 is 0 Å². The van der Waals surface area contributed by atoms with Gasteiger partial charge in [0.1, 0.15) is 5.75 Å². The Hall–Kier alpha value is -1.06. The number of nitrogens with zero attached hydrogens (tertiary/aromatic N) is 1. The maximum atomic E-state index is 10.7. The average Bonchev–Trinajstić information content (AvgIpc) is 2.93.